The van der Waals surface area contributed by atoms with Crippen molar-refractivity contribution in [1.29, 1.82) is 0 Å². The van der Waals surface area contributed by atoms with Gasteiger partial charge in [-0.15, -0.1) is 0 Å². The van der Waals surface area contributed by atoms with Gasteiger partial charge in [-0.25, -0.2) is 4.39 Å². The summed E-state index contributed by atoms with van der Waals surface area (Å²) in [7, 11) is 0. The molecule has 0 saturated carbocycles. The Morgan fingerprint density at radius 3 is 2.60 bits per heavy atom. The lowest BCUT2D eigenvalue weighted by Gasteiger charge is -2.32. The second-order valence-corrected chi connectivity index (χ2v) is 8.69. The predicted octanol–water partition coefficient (Wildman–Crippen LogP) is 4.89. The number of amides is 1. The number of carbonyl (C=O) groups excluding carboxylic acids is 1. The standard InChI is InChI=1S/C24H30ClFN2O2/c1-16-4-7-22(12-17(16)2)30-15-18(3)27-24(29)19-8-10-28(11-9-19)14-20-5-6-21(25)13-23(20)26/h4-7,12-13,18-19H,8-11,14-15H2,1-3H3,(H,27,29). The Morgan fingerprint density at radius 2 is 1.93 bits per heavy atom. The van der Waals surface area contributed by atoms with E-state index >= 15 is 0 Å². The van der Waals surface area contributed by atoms with Gasteiger partial charge in [-0.05, 0) is 82.1 Å². The average molecular weight is 433 g/mol. The van der Waals surface area contributed by atoms with E-state index in [1.54, 1.807) is 12.1 Å². The van der Waals surface area contributed by atoms with Gasteiger partial charge in [0.15, 0.2) is 0 Å². The highest BCUT2D eigenvalue weighted by Crippen LogP contribution is 2.22. The number of nitrogens with one attached hydrogen (secondary N) is 1. The molecular weight excluding hydrogens is 403 g/mol. The van der Waals surface area contributed by atoms with Crippen molar-refractivity contribution in [2.45, 2.75) is 46.2 Å². The molecule has 0 radical (unpaired) electrons. The van der Waals surface area contributed by atoms with Crippen molar-refractivity contribution in [2.75, 3.05) is 19.7 Å². The summed E-state index contributed by atoms with van der Waals surface area (Å²) in [6.07, 6.45) is 1.54. The highest BCUT2D eigenvalue weighted by molar-refractivity contribution is 6.30. The summed E-state index contributed by atoms with van der Waals surface area (Å²) in [6, 6.07) is 10.7. The fraction of sp³-hybridized carbons (Fsp3) is 0.458. The predicted molar refractivity (Wildman–Crippen MR) is 118 cm³/mol. The molecule has 1 fully saturated rings. The Morgan fingerprint density at radius 1 is 1.20 bits per heavy atom. The Bertz CT molecular complexity index is 882. The quantitative estimate of drug-likeness (QED) is 0.677. The number of benzene rings is 2. The van der Waals surface area contributed by atoms with Gasteiger partial charge in [-0.3, -0.25) is 9.69 Å². The number of halogens is 2. The second kappa shape index (κ2) is 10.3. The lowest BCUT2D eigenvalue weighted by molar-refractivity contribution is -0.127. The number of hydrogen-bond acceptors (Lipinski definition) is 3. The first-order chi connectivity index (χ1) is 14.3. The topological polar surface area (TPSA) is 41.6 Å². The van der Waals surface area contributed by atoms with Gasteiger partial charge in [0, 0.05) is 23.0 Å². The minimum absolute atomic E-state index is 0.0135. The fourth-order valence-corrected chi connectivity index (χ4v) is 3.83. The molecule has 3 rings (SSSR count). The van der Waals surface area contributed by atoms with Crippen molar-refractivity contribution in [2.24, 2.45) is 5.92 Å². The Kier molecular flexibility index (Phi) is 7.73. The lowest BCUT2D eigenvalue weighted by Crippen LogP contribution is -2.44. The molecule has 2 aromatic carbocycles. The molecule has 1 saturated heterocycles. The number of piperidine rings is 1. The van der Waals surface area contributed by atoms with Crippen LogP contribution in [0.5, 0.6) is 5.75 Å². The third-order valence-electron chi connectivity index (χ3n) is 5.73. The average Bonchev–Trinajstić information content (AvgIpc) is 2.71. The van der Waals surface area contributed by atoms with Crippen molar-refractivity contribution >= 4 is 17.5 Å². The third-order valence-corrected chi connectivity index (χ3v) is 5.97. The first-order valence-corrected chi connectivity index (χ1v) is 10.9. The van der Waals surface area contributed by atoms with Gasteiger partial charge in [0.1, 0.15) is 18.2 Å². The molecule has 1 N–H and O–H groups in total. The van der Waals surface area contributed by atoms with Crippen molar-refractivity contribution in [3.8, 4) is 5.75 Å². The molecule has 30 heavy (non-hydrogen) atoms. The number of nitrogens with zero attached hydrogens (tertiary/aromatic N) is 1. The van der Waals surface area contributed by atoms with Gasteiger partial charge >= 0.3 is 0 Å². The normalized spacial score (nSPS) is 16.3. The summed E-state index contributed by atoms with van der Waals surface area (Å²) in [5.74, 6) is 0.603. The van der Waals surface area contributed by atoms with E-state index in [4.69, 9.17) is 16.3 Å². The number of ether oxygens (including phenoxy) is 1. The molecule has 1 aliphatic heterocycles. The van der Waals surface area contributed by atoms with Gasteiger partial charge in [0.05, 0.1) is 6.04 Å². The minimum Gasteiger partial charge on any atom is -0.491 e. The van der Waals surface area contributed by atoms with Crippen molar-refractivity contribution in [1.82, 2.24) is 10.2 Å². The van der Waals surface area contributed by atoms with Crippen LogP contribution >= 0.6 is 11.6 Å². The van der Waals surface area contributed by atoms with Crippen LogP contribution in [0, 0.1) is 25.6 Å². The van der Waals surface area contributed by atoms with Crippen LogP contribution in [0.25, 0.3) is 0 Å². The van der Waals surface area contributed by atoms with Gasteiger partial charge in [-0.1, -0.05) is 23.7 Å². The molecule has 0 bridgehead atoms. The molecule has 162 valence electrons. The van der Waals surface area contributed by atoms with Crippen LogP contribution in [0.4, 0.5) is 4.39 Å². The van der Waals surface area contributed by atoms with Crippen molar-refractivity contribution < 1.29 is 13.9 Å². The number of aryl methyl sites for hydroxylation is 2. The van der Waals surface area contributed by atoms with Crippen molar-refractivity contribution in [3.05, 3.63) is 63.9 Å². The fourth-order valence-electron chi connectivity index (χ4n) is 3.67. The summed E-state index contributed by atoms with van der Waals surface area (Å²) < 4.78 is 19.8. The van der Waals surface area contributed by atoms with Crippen LogP contribution in [0.15, 0.2) is 36.4 Å². The highest BCUT2D eigenvalue weighted by Gasteiger charge is 2.26. The molecule has 0 spiro atoms. The summed E-state index contributed by atoms with van der Waals surface area (Å²) in [5, 5.41) is 3.47. The molecule has 1 atom stereocenters. The van der Waals surface area contributed by atoms with E-state index in [1.807, 2.05) is 25.1 Å². The van der Waals surface area contributed by atoms with Crippen LogP contribution in [0.3, 0.4) is 0 Å². The van der Waals surface area contributed by atoms with E-state index in [2.05, 4.69) is 24.1 Å². The zero-order valence-corrected chi connectivity index (χ0v) is 18.6. The van der Waals surface area contributed by atoms with E-state index in [0.717, 1.165) is 31.7 Å². The maximum Gasteiger partial charge on any atom is 0.223 e. The largest absolute Gasteiger partial charge is 0.491 e. The maximum atomic E-state index is 14.0. The van der Waals surface area contributed by atoms with Gasteiger partial charge < -0.3 is 10.1 Å². The number of carbonyl (C=O) groups is 1. The first-order valence-electron chi connectivity index (χ1n) is 10.5. The molecule has 0 aliphatic carbocycles. The first kappa shape index (κ1) is 22.6. The maximum absolute atomic E-state index is 14.0. The van der Waals surface area contributed by atoms with Crippen molar-refractivity contribution in [3.63, 3.8) is 0 Å². The summed E-state index contributed by atoms with van der Waals surface area (Å²) >= 11 is 5.82. The van der Waals surface area contributed by atoms with E-state index in [9.17, 15) is 9.18 Å². The van der Waals surface area contributed by atoms with E-state index in [0.29, 0.717) is 23.7 Å². The summed E-state index contributed by atoms with van der Waals surface area (Å²) in [6.45, 7) is 8.60. The zero-order chi connectivity index (χ0) is 21.7. The summed E-state index contributed by atoms with van der Waals surface area (Å²) in [5.41, 5.74) is 3.06. The van der Waals surface area contributed by atoms with Crippen LogP contribution in [0.2, 0.25) is 5.02 Å². The SMILES string of the molecule is Cc1ccc(OCC(C)NC(=O)C2CCN(Cc3ccc(Cl)cc3F)CC2)cc1C. The van der Waals surface area contributed by atoms with E-state index < -0.39 is 0 Å². The van der Waals surface area contributed by atoms with Crippen LogP contribution in [-0.4, -0.2) is 36.5 Å². The molecule has 0 aromatic heterocycles. The lowest BCUT2D eigenvalue weighted by atomic mass is 9.95. The molecular formula is C24H30ClFN2O2. The monoisotopic (exact) mass is 432 g/mol. The molecule has 1 heterocycles. The zero-order valence-electron chi connectivity index (χ0n) is 17.9. The molecule has 1 aliphatic rings. The molecule has 1 unspecified atom stereocenters. The third kappa shape index (κ3) is 6.19. The highest BCUT2D eigenvalue weighted by atomic mass is 35.5. The number of hydrogen-bond donors (Lipinski definition) is 1. The van der Waals surface area contributed by atoms with Crippen LogP contribution in [-0.2, 0) is 11.3 Å². The van der Waals surface area contributed by atoms with Crippen LogP contribution < -0.4 is 10.1 Å². The minimum atomic E-state index is -0.278. The number of likely N-dealkylation sites (tertiary alicyclic amines) is 1. The Balaban J connectivity index is 1.41. The van der Waals surface area contributed by atoms with E-state index in [-0.39, 0.29) is 23.7 Å². The molecule has 2 aromatic rings. The Labute approximate surface area is 183 Å². The summed E-state index contributed by atoms with van der Waals surface area (Å²) in [4.78, 5) is 14.8. The van der Waals surface area contributed by atoms with Gasteiger partial charge in [0.2, 0.25) is 5.91 Å². The molecule has 1 amide bonds. The van der Waals surface area contributed by atoms with E-state index in [1.165, 1.54) is 17.2 Å². The number of rotatable bonds is 7. The molecule has 6 heteroatoms. The molecule has 4 nitrogen and oxygen atoms in total. The van der Waals surface area contributed by atoms with Gasteiger partial charge in [0.25, 0.3) is 0 Å². The second-order valence-electron chi connectivity index (χ2n) is 8.25. The Hall–Kier alpha value is -2.11. The smallest absolute Gasteiger partial charge is 0.223 e. The van der Waals surface area contributed by atoms with Gasteiger partial charge in [-0.2, -0.15) is 0 Å². The van der Waals surface area contributed by atoms with Crippen LogP contribution in [0.1, 0.15) is 36.5 Å².